The molecule has 1 aliphatic rings. The van der Waals surface area contributed by atoms with Crippen LogP contribution in [0.25, 0.3) is 0 Å². The first-order valence-electron chi connectivity index (χ1n) is 5.77. The van der Waals surface area contributed by atoms with Gasteiger partial charge in [-0.2, -0.15) is 0 Å². The summed E-state index contributed by atoms with van der Waals surface area (Å²) in [6, 6.07) is -0.993. The molecule has 2 atom stereocenters. The molecule has 0 aliphatic carbocycles. The number of nitrogens with one attached hydrogen (secondary N) is 2. The van der Waals surface area contributed by atoms with Crippen molar-refractivity contribution in [2.45, 2.75) is 37.8 Å². The first-order chi connectivity index (χ1) is 7.99. The van der Waals surface area contributed by atoms with Crippen molar-refractivity contribution in [3.63, 3.8) is 0 Å². The monoisotopic (exact) mass is 244 g/mol. The van der Waals surface area contributed by atoms with Gasteiger partial charge >= 0.3 is 5.97 Å². The van der Waals surface area contributed by atoms with Gasteiger partial charge in [-0.05, 0) is 32.7 Å². The van der Waals surface area contributed by atoms with Crippen molar-refractivity contribution in [3.8, 4) is 0 Å². The number of amides is 1. The third kappa shape index (κ3) is 3.67. The molecule has 1 amide bonds. The van der Waals surface area contributed by atoms with Gasteiger partial charge in [-0.25, -0.2) is 4.79 Å². The van der Waals surface area contributed by atoms with E-state index < -0.39 is 17.6 Å². The highest BCUT2D eigenvalue weighted by Crippen LogP contribution is 2.18. The molecule has 98 valence electrons. The number of aliphatic carboxylic acids is 1. The second-order valence-corrected chi connectivity index (χ2v) is 4.54. The third-order valence-electron chi connectivity index (χ3n) is 3.06. The number of carbonyl (C=O) groups is 2. The summed E-state index contributed by atoms with van der Waals surface area (Å²) in [7, 11) is 1.41. The van der Waals surface area contributed by atoms with Gasteiger partial charge in [-0.3, -0.25) is 4.79 Å². The molecule has 0 bridgehead atoms. The fourth-order valence-corrected chi connectivity index (χ4v) is 1.91. The van der Waals surface area contributed by atoms with Gasteiger partial charge in [0.2, 0.25) is 5.91 Å². The molecule has 6 heteroatoms. The molecule has 0 aromatic rings. The maximum atomic E-state index is 12.0. The number of hydrogen-bond donors (Lipinski definition) is 3. The number of hydrogen-bond acceptors (Lipinski definition) is 4. The maximum absolute atomic E-state index is 12.0. The Bertz CT molecular complexity index is 287. The topological polar surface area (TPSA) is 87.7 Å². The Hall–Kier alpha value is -1.14. The van der Waals surface area contributed by atoms with Crippen LogP contribution in [0.5, 0.6) is 0 Å². The van der Waals surface area contributed by atoms with Crippen molar-refractivity contribution in [2.24, 2.45) is 0 Å². The van der Waals surface area contributed by atoms with Crippen LogP contribution in [0.15, 0.2) is 0 Å². The lowest BCUT2D eigenvalue weighted by Crippen LogP contribution is -2.60. The van der Waals surface area contributed by atoms with Crippen molar-refractivity contribution in [1.82, 2.24) is 10.6 Å². The zero-order valence-electron chi connectivity index (χ0n) is 10.3. The molecule has 0 saturated carbocycles. The van der Waals surface area contributed by atoms with E-state index in [2.05, 4.69) is 10.6 Å². The molecule has 1 rings (SSSR count). The second-order valence-electron chi connectivity index (χ2n) is 4.54. The standard InChI is InChI=1S/C11H20N2O4/c1-11(5-3-4-6-12-11)10(16)13-8(7-17-2)9(14)15/h8,12H,3-7H2,1-2H3,(H,13,16)(H,14,15). The van der Waals surface area contributed by atoms with Gasteiger partial charge in [0, 0.05) is 7.11 Å². The summed E-state index contributed by atoms with van der Waals surface area (Å²) in [5.41, 5.74) is -0.667. The molecule has 17 heavy (non-hydrogen) atoms. The lowest BCUT2D eigenvalue weighted by molar-refractivity contribution is -0.144. The van der Waals surface area contributed by atoms with E-state index in [9.17, 15) is 9.59 Å². The number of carboxylic acid groups (broad SMARTS) is 1. The number of methoxy groups -OCH3 is 1. The van der Waals surface area contributed by atoms with Gasteiger partial charge in [0.1, 0.15) is 0 Å². The second kappa shape index (κ2) is 5.97. The number of carboxylic acids is 1. The molecular formula is C11H20N2O4. The van der Waals surface area contributed by atoms with Crippen LogP contribution in [0, 0.1) is 0 Å². The maximum Gasteiger partial charge on any atom is 0.328 e. The summed E-state index contributed by atoms with van der Waals surface area (Å²) >= 11 is 0. The van der Waals surface area contributed by atoms with Gasteiger partial charge in [-0.1, -0.05) is 0 Å². The van der Waals surface area contributed by atoms with E-state index in [4.69, 9.17) is 9.84 Å². The smallest absolute Gasteiger partial charge is 0.328 e. The first-order valence-corrected chi connectivity index (χ1v) is 5.77. The van der Waals surface area contributed by atoms with Crippen molar-refractivity contribution < 1.29 is 19.4 Å². The lowest BCUT2D eigenvalue weighted by atomic mass is 9.90. The Morgan fingerprint density at radius 2 is 2.24 bits per heavy atom. The Balaban J connectivity index is 2.59. The minimum absolute atomic E-state index is 0.0306. The molecule has 0 aromatic heterocycles. The highest BCUT2D eigenvalue weighted by Gasteiger charge is 2.36. The highest BCUT2D eigenvalue weighted by molar-refractivity contribution is 5.90. The van der Waals surface area contributed by atoms with Gasteiger partial charge in [-0.15, -0.1) is 0 Å². The minimum atomic E-state index is -1.08. The Morgan fingerprint density at radius 1 is 1.53 bits per heavy atom. The Morgan fingerprint density at radius 3 is 2.71 bits per heavy atom. The molecule has 1 saturated heterocycles. The van der Waals surface area contributed by atoms with Crippen molar-refractivity contribution in [3.05, 3.63) is 0 Å². The van der Waals surface area contributed by atoms with Crippen molar-refractivity contribution >= 4 is 11.9 Å². The summed E-state index contributed by atoms with van der Waals surface area (Å²) in [5.74, 6) is -1.36. The van der Waals surface area contributed by atoms with Crippen LogP contribution >= 0.6 is 0 Å². The average molecular weight is 244 g/mol. The van der Waals surface area contributed by atoms with E-state index in [0.29, 0.717) is 0 Å². The quantitative estimate of drug-likeness (QED) is 0.620. The number of carbonyl (C=O) groups excluding carboxylic acids is 1. The van der Waals surface area contributed by atoms with E-state index in [1.54, 1.807) is 6.92 Å². The molecule has 0 aromatic carbocycles. The van der Waals surface area contributed by atoms with Crippen LogP contribution in [0.1, 0.15) is 26.2 Å². The van der Waals surface area contributed by atoms with Crippen LogP contribution in [0.2, 0.25) is 0 Å². The van der Waals surface area contributed by atoms with Crippen LogP contribution in [0.4, 0.5) is 0 Å². The van der Waals surface area contributed by atoms with Crippen LogP contribution in [0.3, 0.4) is 0 Å². The van der Waals surface area contributed by atoms with Gasteiger partial charge in [0.15, 0.2) is 6.04 Å². The van der Waals surface area contributed by atoms with E-state index >= 15 is 0 Å². The van der Waals surface area contributed by atoms with Gasteiger partial charge in [0.05, 0.1) is 12.1 Å². The Kier molecular flexibility index (Phi) is 4.89. The summed E-state index contributed by atoms with van der Waals surface area (Å²) in [5, 5.41) is 14.6. The average Bonchev–Trinajstić information content (AvgIpc) is 2.29. The molecule has 0 radical (unpaired) electrons. The number of piperidine rings is 1. The molecule has 1 heterocycles. The molecular weight excluding hydrogens is 224 g/mol. The normalized spacial score (nSPS) is 26.2. The molecule has 1 fully saturated rings. The fraction of sp³-hybridized carbons (Fsp3) is 0.818. The largest absolute Gasteiger partial charge is 0.480 e. The summed E-state index contributed by atoms with van der Waals surface area (Å²) in [4.78, 5) is 22.9. The van der Waals surface area contributed by atoms with Gasteiger partial charge in [0.25, 0.3) is 0 Å². The highest BCUT2D eigenvalue weighted by atomic mass is 16.5. The SMILES string of the molecule is COCC(NC(=O)C1(C)CCCCN1)C(=O)O. The molecule has 1 aliphatic heterocycles. The van der Waals surface area contributed by atoms with Crippen molar-refractivity contribution in [2.75, 3.05) is 20.3 Å². The predicted molar refractivity (Wildman–Crippen MR) is 61.7 cm³/mol. The third-order valence-corrected chi connectivity index (χ3v) is 3.06. The molecule has 0 spiro atoms. The zero-order valence-corrected chi connectivity index (χ0v) is 10.3. The minimum Gasteiger partial charge on any atom is -0.480 e. The molecule has 6 nitrogen and oxygen atoms in total. The first kappa shape index (κ1) is 13.9. The van der Waals surface area contributed by atoms with Crippen LogP contribution in [-0.4, -0.2) is 48.8 Å². The molecule has 2 unspecified atom stereocenters. The summed E-state index contributed by atoms with van der Waals surface area (Å²) < 4.78 is 4.77. The zero-order chi connectivity index (χ0) is 12.9. The van der Waals surface area contributed by atoms with E-state index in [0.717, 1.165) is 25.8 Å². The van der Waals surface area contributed by atoms with Crippen molar-refractivity contribution in [1.29, 1.82) is 0 Å². The van der Waals surface area contributed by atoms with Crippen LogP contribution in [-0.2, 0) is 14.3 Å². The Labute approximate surface area is 101 Å². The van der Waals surface area contributed by atoms with Gasteiger partial charge < -0.3 is 20.5 Å². The summed E-state index contributed by atoms with van der Waals surface area (Å²) in [6.45, 7) is 2.55. The number of ether oxygens (including phenoxy) is 1. The van der Waals surface area contributed by atoms with Crippen LogP contribution < -0.4 is 10.6 Å². The number of rotatable bonds is 5. The molecule has 3 N–H and O–H groups in total. The lowest BCUT2D eigenvalue weighted by Gasteiger charge is -2.34. The van der Waals surface area contributed by atoms with E-state index in [1.165, 1.54) is 7.11 Å². The summed E-state index contributed by atoms with van der Waals surface area (Å²) in [6.07, 6.45) is 2.74. The van der Waals surface area contributed by atoms with E-state index in [-0.39, 0.29) is 12.5 Å². The predicted octanol–water partition coefficient (Wildman–Crippen LogP) is -0.266. The fourth-order valence-electron chi connectivity index (χ4n) is 1.91. The van der Waals surface area contributed by atoms with E-state index in [1.807, 2.05) is 0 Å².